The molecular formula is C19H33BN4O4S. The van der Waals surface area contributed by atoms with Crippen molar-refractivity contribution in [3.8, 4) is 0 Å². The molecule has 0 aliphatic carbocycles. The Balaban J connectivity index is 1.60. The maximum absolute atomic E-state index is 12.7. The van der Waals surface area contributed by atoms with Crippen LogP contribution in [0.15, 0.2) is 17.6 Å². The highest BCUT2D eigenvalue weighted by Crippen LogP contribution is 2.36. The van der Waals surface area contributed by atoms with E-state index in [1.807, 2.05) is 27.7 Å². The fourth-order valence-corrected chi connectivity index (χ4v) is 5.03. The fraction of sp³-hybridized carbons (Fsp3) is 0.789. The van der Waals surface area contributed by atoms with Crippen LogP contribution in [-0.2, 0) is 19.1 Å². The SMILES string of the molecule is CC1(C)OB(c2cnc(S(=O)(=O)CC[C@@H]3CCCN(CCN)C3)nc2)OC1(C)C. The molecule has 0 radical (unpaired) electrons. The molecule has 3 heterocycles. The Morgan fingerprint density at radius 3 is 2.41 bits per heavy atom. The van der Waals surface area contributed by atoms with Crippen molar-refractivity contribution >= 4 is 22.4 Å². The molecule has 0 amide bonds. The van der Waals surface area contributed by atoms with Crippen LogP contribution < -0.4 is 11.2 Å². The first-order valence-corrected chi connectivity index (χ1v) is 12.0. The van der Waals surface area contributed by atoms with Crippen molar-refractivity contribution in [2.45, 2.75) is 63.3 Å². The van der Waals surface area contributed by atoms with Gasteiger partial charge in [0.15, 0.2) is 0 Å². The number of hydrogen-bond acceptors (Lipinski definition) is 8. The van der Waals surface area contributed by atoms with E-state index in [1.54, 1.807) is 0 Å². The van der Waals surface area contributed by atoms with E-state index in [0.717, 1.165) is 32.5 Å². The van der Waals surface area contributed by atoms with Crippen molar-refractivity contribution in [3.05, 3.63) is 12.4 Å². The highest BCUT2D eigenvalue weighted by atomic mass is 32.2. The summed E-state index contributed by atoms with van der Waals surface area (Å²) in [7, 11) is -4.13. The largest absolute Gasteiger partial charge is 0.498 e. The van der Waals surface area contributed by atoms with Gasteiger partial charge in [-0.15, -0.1) is 0 Å². The number of aromatic nitrogens is 2. The monoisotopic (exact) mass is 424 g/mol. The molecule has 1 atom stereocenters. The Labute approximate surface area is 174 Å². The van der Waals surface area contributed by atoms with Crippen LogP contribution in [0.5, 0.6) is 0 Å². The third-order valence-electron chi connectivity index (χ3n) is 6.29. The Bertz CT molecular complexity index is 783. The van der Waals surface area contributed by atoms with E-state index in [0.29, 0.717) is 24.3 Å². The van der Waals surface area contributed by atoms with Crippen LogP contribution in [0.1, 0.15) is 47.0 Å². The van der Waals surface area contributed by atoms with Gasteiger partial charge in [-0.2, -0.15) is 0 Å². The molecule has 1 aromatic heterocycles. The topological polar surface area (TPSA) is 108 Å². The molecule has 2 aliphatic rings. The van der Waals surface area contributed by atoms with Gasteiger partial charge in [0.2, 0.25) is 15.0 Å². The lowest BCUT2D eigenvalue weighted by molar-refractivity contribution is 0.00578. The van der Waals surface area contributed by atoms with Crippen LogP contribution >= 0.6 is 0 Å². The van der Waals surface area contributed by atoms with Crippen LogP contribution in [0.2, 0.25) is 0 Å². The lowest BCUT2D eigenvalue weighted by atomic mass is 9.81. The van der Waals surface area contributed by atoms with Crippen LogP contribution in [0.3, 0.4) is 0 Å². The Morgan fingerprint density at radius 2 is 1.83 bits per heavy atom. The minimum atomic E-state index is -3.52. The van der Waals surface area contributed by atoms with Gasteiger partial charge in [0.25, 0.3) is 0 Å². The van der Waals surface area contributed by atoms with Crippen molar-refractivity contribution in [1.82, 2.24) is 14.9 Å². The zero-order chi connectivity index (χ0) is 21.3. The predicted molar refractivity (Wildman–Crippen MR) is 113 cm³/mol. The van der Waals surface area contributed by atoms with Gasteiger partial charge in [-0.05, 0) is 59.4 Å². The molecule has 0 aromatic carbocycles. The molecule has 0 unspecified atom stereocenters. The number of rotatable bonds is 7. The third kappa shape index (κ3) is 5.17. The van der Waals surface area contributed by atoms with Crippen molar-refractivity contribution < 1.29 is 17.7 Å². The van der Waals surface area contributed by atoms with E-state index in [9.17, 15) is 8.42 Å². The van der Waals surface area contributed by atoms with Crippen LogP contribution in [-0.4, -0.2) is 73.5 Å². The van der Waals surface area contributed by atoms with E-state index in [-0.39, 0.29) is 10.9 Å². The van der Waals surface area contributed by atoms with E-state index >= 15 is 0 Å². The quantitative estimate of drug-likeness (QED) is 0.501. The second kappa shape index (κ2) is 8.59. The lowest BCUT2D eigenvalue weighted by Crippen LogP contribution is -2.41. The molecule has 162 valence electrons. The highest BCUT2D eigenvalue weighted by Gasteiger charge is 2.52. The van der Waals surface area contributed by atoms with Gasteiger partial charge in [-0.25, -0.2) is 18.4 Å². The normalized spacial score (nSPS) is 24.7. The zero-order valence-electron chi connectivity index (χ0n) is 17.9. The second-order valence-electron chi connectivity index (χ2n) is 9.09. The third-order valence-corrected chi connectivity index (χ3v) is 7.84. The van der Waals surface area contributed by atoms with Gasteiger partial charge in [0, 0.05) is 37.5 Å². The molecule has 1 aromatic rings. The maximum Gasteiger partial charge on any atom is 0.498 e. The van der Waals surface area contributed by atoms with Gasteiger partial charge >= 0.3 is 7.12 Å². The molecule has 8 nitrogen and oxygen atoms in total. The minimum Gasteiger partial charge on any atom is -0.399 e. The van der Waals surface area contributed by atoms with E-state index in [1.165, 1.54) is 12.4 Å². The summed E-state index contributed by atoms with van der Waals surface area (Å²) in [6.45, 7) is 11.3. The fourth-order valence-electron chi connectivity index (χ4n) is 3.77. The second-order valence-corrected chi connectivity index (χ2v) is 11.1. The summed E-state index contributed by atoms with van der Waals surface area (Å²) in [5.74, 6) is 0.429. The van der Waals surface area contributed by atoms with Crippen molar-refractivity contribution in [2.24, 2.45) is 11.7 Å². The number of sulfone groups is 1. The van der Waals surface area contributed by atoms with E-state index in [2.05, 4.69) is 14.9 Å². The summed E-state index contributed by atoms with van der Waals surface area (Å²) in [6, 6.07) is 0. The molecule has 0 bridgehead atoms. The summed E-state index contributed by atoms with van der Waals surface area (Å²) < 4.78 is 37.3. The van der Waals surface area contributed by atoms with Gasteiger partial charge in [0.05, 0.1) is 17.0 Å². The molecule has 29 heavy (non-hydrogen) atoms. The molecule has 2 saturated heterocycles. The summed E-state index contributed by atoms with van der Waals surface area (Å²) >= 11 is 0. The average molecular weight is 424 g/mol. The first-order chi connectivity index (χ1) is 13.5. The minimum absolute atomic E-state index is 0.0595. The van der Waals surface area contributed by atoms with Gasteiger partial charge < -0.3 is 19.9 Å². The molecule has 2 fully saturated rings. The standard InChI is InChI=1S/C19H33BN4O4S/c1-18(2)19(3,4)28-20(27-18)16-12-22-17(23-13-16)29(25,26)11-7-15-6-5-9-24(14-15)10-8-21/h12-13,15H,5-11,14,21H2,1-4H3/t15-/m0/s1. The van der Waals surface area contributed by atoms with Crippen LogP contribution in [0.4, 0.5) is 0 Å². The number of likely N-dealkylation sites (tertiary alicyclic amines) is 1. The molecule has 3 rings (SSSR count). The summed E-state index contributed by atoms with van der Waals surface area (Å²) in [5, 5.41) is -0.132. The Kier molecular flexibility index (Phi) is 6.70. The Hall–Kier alpha value is -1.07. The van der Waals surface area contributed by atoms with Crippen LogP contribution in [0.25, 0.3) is 0 Å². The first-order valence-electron chi connectivity index (χ1n) is 10.4. The molecule has 0 spiro atoms. The molecule has 2 aliphatic heterocycles. The predicted octanol–water partition coefficient (Wildman–Crippen LogP) is 0.610. The lowest BCUT2D eigenvalue weighted by Gasteiger charge is -2.32. The number of hydrogen-bond donors (Lipinski definition) is 1. The van der Waals surface area contributed by atoms with Gasteiger partial charge in [0.1, 0.15) is 0 Å². The van der Waals surface area contributed by atoms with Crippen molar-refractivity contribution in [1.29, 1.82) is 0 Å². The number of piperidine rings is 1. The smallest absolute Gasteiger partial charge is 0.399 e. The Morgan fingerprint density at radius 1 is 1.21 bits per heavy atom. The summed E-state index contributed by atoms with van der Waals surface area (Å²) in [5.41, 5.74) is 5.31. The molecular weight excluding hydrogens is 391 g/mol. The summed E-state index contributed by atoms with van der Waals surface area (Å²) in [4.78, 5) is 10.5. The van der Waals surface area contributed by atoms with Gasteiger partial charge in [-0.3, -0.25) is 0 Å². The highest BCUT2D eigenvalue weighted by molar-refractivity contribution is 7.91. The first kappa shape index (κ1) is 22.6. The zero-order valence-corrected chi connectivity index (χ0v) is 18.7. The van der Waals surface area contributed by atoms with Crippen molar-refractivity contribution in [2.75, 3.05) is 31.9 Å². The number of nitrogens with two attached hydrogens (primary N) is 1. The summed E-state index contributed by atoms with van der Waals surface area (Å²) in [6.07, 6.45) is 5.74. The molecule has 10 heteroatoms. The van der Waals surface area contributed by atoms with Crippen molar-refractivity contribution in [3.63, 3.8) is 0 Å². The maximum atomic E-state index is 12.7. The van der Waals surface area contributed by atoms with Crippen LogP contribution in [0, 0.1) is 5.92 Å². The molecule has 0 saturated carbocycles. The van der Waals surface area contributed by atoms with E-state index in [4.69, 9.17) is 15.0 Å². The van der Waals surface area contributed by atoms with Gasteiger partial charge in [-0.1, -0.05) is 0 Å². The average Bonchev–Trinajstić information content (AvgIpc) is 2.88. The molecule has 2 N–H and O–H groups in total. The van der Waals surface area contributed by atoms with E-state index < -0.39 is 28.2 Å². The number of nitrogens with zero attached hydrogens (tertiary/aromatic N) is 3.